The molecule has 0 saturated heterocycles. The molecule has 0 saturated carbocycles. The second-order valence-corrected chi connectivity index (χ2v) is 3.84. The van der Waals surface area contributed by atoms with Crippen LogP contribution in [-0.4, -0.2) is 22.1 Å². The Morgan fingerprint density at radius 2 is 2.16 bits per heavy atom. The molecule has 0 spiro atoms. The van der Waals surface area contributed by atoms with Gasteiger partial charge in [0.2, 0.25) is 0 Å². The van der Waals surface area contributed by atoms with Gasteiger partial charge in [-0.05, 0) is 18.2 Å². The Morgan fingerprint density at radius 1 is 1.37 bits per heavy atom. The van der Waals surface area contributed by atoms with Crippen LogP contribution in [0.2, 0.25) is 0 Å². The third kappa shape index (κ3) is 2.69. The number of ether oxygens (including phenoxy) is 1. The number of pyridine rings is 1. The van der Waals surface area contributed by atoms with E-state index in [1.165, 1.54) is 25.3 Å². The Kier molecular flexibility index (Phi) is 3.72. The number of benzene rings is 1. The van der Waals surface area contributed by atoms with Crippen LogP contribution in [0, 0.1) is 10.1 Å². The molecule has 19 heavy (non-hydrogen) atoms. The fourth-order valence-corrected chi connectivity index (χ4v) is 1.74. The number of aliphatic hydroxyl groups excluding tert-OH is 1. The van der Waals surface area contributed by atoms with Crippen LogP contribution in [0.15, 0.2) is 42.6 Å². The van der Waals surface area contributed by atoms with Crippen molar-refractivity contribution < 1.29 is 14.8 Å². The average Bonchev–Trinajstić information content (AvgIpc) is 2.46. The summed E-state index contributed by atoms with van der Waals surface area (Å²) in [5.74, 6) is 0.257. The fourth-order valence-electron chi connectivity index (χ4n) is 1.74. The number of nitro groups is 1. The number of non-ortho nitro benzene ring substituents is 1. The lowest BCUT2D eigenvalue weighted by atomic mass is 10.0. The van der Waals surface area contributed by atoms with Crippen LogP contribution >= 0.6 is 0 Å². The van der Waals surface area contributed by atoms with Crippen molar-refractivity contribution in [3.8, 4) is 5.75 Å². The van der Waals surface area contributed by atoms with Gasteiger partial charge in [-0.15, -0.1) is 0 Å². The van der Waals surface area contributed by atoms with Crippen molar-refractivity contribution in [2.75, 3.05) is 7.11 Å². The molecule has 0 amide bonds. The lowest BCUT2D eigenvalue weighted by Crippen LogP contribution is -2.04. The summed E-state index contributed by atoms with van der Waals surface area (Å²) >= 11 is 0. The lowest BCUT2D eigenvalue weighted by Gasteiger charge is -2.14. The molecule has 1 atom stereocenters. The zero-order valence-electron chi connectivity index (χ0n) is 10.2. The highest BCUT2D eigenvalue weighted by Gasteiger charge is 2.19. The second kappa shape index (κ2) is 5.45. The van der Waals surface area contributed by atoms with Gasteiger partial charge in [0, 0.05) is 17.8 Å². The zero-order valence-corrected chi connectivity index (χ0v) is 10.2. The largest absolute Gasteiger partial charge is 0.496 e. The van der Waals surface area contributed by atoms with Crippen molar-refractivity contribution in [2.45, 2.75) is 6.10 Å². The molecule has 1 heterocycles. The highest BCUT2D eigenvalue weighted by molar-refractivity contribution is 5.47. The van der Waals surface area contributed by atoms with Crippen molar-refractivity contribution in [1.29, 1.82) is 0 Å². The van der Waals surface area contributed by atoms with E-state index in [1.54, 1.807) is 24.4 Å². The standard InChI is InChI=1S/C13H12N2O4/c1-19-12-8-9(15(17)18)5-6-10(12)13(16)11-4-2-3-7-14-11/h2-8,13,16H,1H3. The molecule has 2 rings (SSSR count). The Morgan fingerprint density at radius 3 is 2.74 bits per heavy atom. The smallest absolute Gasteiger partial charge is 0.273 e. The summed E-state index contributed by atoms with van der Waals surface area (Å²) in [6, 6.07) is 9.24. The van der Waals surface area contributed by atoms with Gasteiger partial charge in [-0.25, -0.2) is 0 Å². The maximum atomic E-state index is 10.7. The van der Waals surface area contributed by atoms with Gasteiger partial charge in [0.1, 0.15) is 11.9 Å². The highest BCUT2D eigenvalue weighted by Crippen LogP contribution is 2.31. The summed E-state index contributed by atoms with van der Waals surface area (Å²) in [5.41, 5.74) is 0.801. The molecule has 1 aromatic heterocycles. The highest BCUT2D eigenvalue weighted by atomic mass is 16.6. The summed E-state index contributed by atoms with van der Waals surface area (Å²) in [5, 5.41) is 20.9. The Bertz CT molecular complexity index is 586. The molecule has 0 radical (unpaired) electrons. The maximum Gasteiger partial charge on any atom is 0.273 e. The number of rotatable bonds is 4. The number of hydrogen-bond acceptors (Lipinski definition) is 5. The molecule has 0 aliphatic heterocycles. The minimum absolute atomic E-state index is 0.0891. The normalized spacial score (nSPS) is 11.9. The molecular formula is C13H12N2O4. The van der Waals surface area contributed by atoms with Crippen LogP contribution in [0.4, 0.5) is 5.69 Å². The molecule has 1 aromatic carbocycles. The van der Waals surface area contributed by atoms with Crippen LogP contribution in [0.25, 0.3) is 0 Å². The number of nitro benzene ring substituents is 1. The molecule has 1 unspecified atom stereocenters. The minimum Gasteiger partial charge on any atom is -0.496 e. The molecule has 0 bridgehead atoms. The first-order valence-corrected chi connectivity index (χ1v) is 5.55. The zero-order chi connectivity index (χ0) is 13.8. The molecule has 0 fully saturated rings. The minimum atomic E-state index is -0.989. The predicted octanol–water partition coefficient (Wildman–Crippen LogP) is 2.08. The number of nitrogens with zero attached hydrogens (tertiary/aromatic N) is 2. The van der Waals surface area contributed by atoms with Crippen LogP contribution in [0.1, 0.15) is 17.4 Å². The monoisotopic (exact) mass is 260 g/mol. The van der Waals surface area contributed by atoms with E-state index >= 15 is 0 Å². The van der Waals surface area contributed by atoms with E-state index in [0.29, 0.717) is 11.3 Å². The van der Waals surface area contributed by atoms with E-state index in [2.05, 4.69) is 4.98 Å². The first-order chi connectivity index (χ1) is 9.13. The van der Waals surface area contributed by atoms with E-state index < -0.39 is 11.0 Å². The van der Waals surface area contributed by atoms with Crippen molar-refractivity contribution in [3.05, 3.63) is 64.0 Å². The SMILES string of the molecule is COc1cc([N+](=O)[O-])ccc1C(O)c1ccccn1. The predicted molar refractivity (Wildman–Crippen MR) is 67.9 cm³/mol. The Balaban J connectivity index is 2.42. The third-order valence-corrected chi connectivity index (χ3v) is 2.69. The van der Waals surface area contributed by atoms with Gasteiger partial charge in [-0.1, -0.05) is 6.07 Å². The second-order valence-electron chi connectivity index (χ2n) is 3.84. The maximum absolute atomic E-state index is 10.7. The first-order valence-electron chi connectivity index (χ1n) is 5.55. The number of aromatic nitrogens is 1. The van der Waals surface area contributed by atoms with E-state index in [0.717, 1.165) is 0 Å². The van der Waals surface area contributed by atoms with Gasteiger partial charge in [0.15, 0.2) is 0 Å². The van der Waals surface area contributed by atoms with Crippen LogP contribution in [-0.2, 0) is 0 Å². The van der Waals surface area contributed by atoms with Gasteiger partial charge in [0.05, 0.1) is 23.8 Å². The molecular weight excluding hydrogens is 248 g/mol. The average molecular weight is 260 g/mol. The molecule has 98 valence electrons. The Hall–Kier alpha value is -2.47. The van der Waals surface area contributed by atoms with Crippen molar-refractivity contribution in [2.24, 2.45) is 0 Å². The van der Waals surface area contributed by atoms with Gasteiger partial charge >= 0.3 is 0 Å². The topological polar surface area (TPSA) is 85.5 Å². The van der Waals surface area contributed by atoms with Gasteiger partial charge in [-0.2, -0.15) is 0 Å². The van der Waals surface area contributed by atoms with Crippen molar-refractivity contribution in [3.63, 3.8) is 0 Å². The van der Waals surface area contributed by atoms with Gasteiger partial charge < -0.3 is 9.84 Å². The van der Waals surface area contributed by atoms with E-state index in [9.17, 15) is 15.2 Å². The Labute approximate surface area is 109 Å². The van der Waals surface area contributed by atoms with E-state index in [1.807, 2.05) is 0 Å². The number of methoxy groups -OCH3 is 1. The van der Waals surface area contributed by atoms with Crippen LogP contribution < -0.4 is 4.74 Å². The van der Waals surface area contributed by atoms with E-state index in [4.69, 9.17) is 4.74 Å². The summed E-state index contributed by atoms with van der Waals surface area (Å²) in [4.78, 5) is 14.2. The van der Waals surface area contributed by atoms with Crippen LogP contribution in [0.3, 0.4) is 0 Å². The summed E-state index contributed by atoms with van der Waals surface area (Å²) in [6.07, 6.45) is 0.577. The van der Waals surface area contributed by atoms with Crippen molar-refractivity contribution >= 4 is 5.69 Å². The lowest BCUT2D eigenvalue weighted by molar-refractivity contribution is -0.384. The first kappa shape index (κ1) is 13.0. The summed E-state index contributed by atoms with van der Waals surface area (Å²) in [7, 11) is 1.40. The van der Waals surface area contributed by atoms with Gasteiger partial charge in [0.25, 0.3) is 5.69 Å². The molecule has 0 aliphatic carbocycles. The molecule has 6 heteroatoms. The van der Waals surface area contributed by atoms with Gasteiger partial charge in [-0.3, -0.25) is 15.1 Å². The van der Waals surface area contributed by atoms with E-state index in [-0.39, 0.29) is 11.4 Å². The van der Waals surface area contributed by atoms with Crippen molar-refractivity contribution in [1.82, 2.24) is 4.98 Å². The summed E-state index contributed by atoms with van der Waals surface area (Å²) in [6.45, 7) is 0. The molecule has 1 N–H and O–H groups in total. The van der Waals surface area contributed by atoms with Crippen LogP contribution in [0.5, 0.6) is 5.75 Å². The molecule has 2 aromatic rings. The number of aliphatic hydroxyl groups is 1. The quantitative estimate of drug-likeness (QED) is 0.672. The molecule has 0 aliphatic rings. The summed E-state index contributed by atoms with van der Waals surface area (Å²) < 4.78 is 5.09. The fraction of sp³-hybridized carbons (Fsp3) is 0.154. The molecule has 6 nitrogen and oxygen atoms in total. The third-order valence-electron chi connectivity index (χ3n) is 2.69. The number of hydrogen-bond donors (Lipinski definition) is 1.